The van der Waals surface area contributed by atoms with Crippen LogP contribution in [0.4, 0.5) is 0 Å². The van der Waals surface area contributed by atoms with Crippen LogP contribution in [0.15, 0.2) is 53.4 Å². The summed E-state index contributed by atoms with van der Waals surface area (Å²) >= 11 is 0. The number of carbonyl (C=O) groups is 2. The maximum absolute atomic E-state index is 12.3. The molecule has 0 saturated heterocycles. The van der Waals surface area contributed by atoms with Gasteiger partial charge in [-0.1, -0.05) is 26.0 Å². The normalized spacial score (nSPS) is 12.4. The minimum absolute atomic E-state index is 0.00874. The lowest BCUT2D eigenvalue weighted by atomic mass is 9.99. The van der Waals surface area contributed by atoms with Gasteiger partial charge in [0.25, 0.3) is 0 Å². The molecule has 2 aromatic rings. The Labute approximate surface area is 146 Å². The van der Waals surface area contributed by atoms with Gasteiger partial charge in [0.1, 0.15) is 16.6 Å². The number of hydrogen-bond donors (Lipinski definition) is 0. The van der Waals surface area contributed by atoms with Gasteiger partial charge in [-0.2, -0.15) is 8.42 Å². The molecule has 1 atom stereocenters. The van der Waals surface area contributed by atoms with Crippen molar-refractivity contribution in [2.45, 2.75) is 31.1 Å². The number of carboxylic acid groups (broad SMARTS) is 1. The van der Waals surface area contributed by atoms with Crippen LogP contribution in [0.3, 0.4) is 0 Å². The van der Waals surface area contributed by atoms with Crippen molar-refractivity contribution in [2.75, 3.05) is 0 Å². The maximum atomic E-state index is 12.3. The molecule has 6 nitrogen and oxygen atoms in total. The van der Waals surface area contributed by atoms with Gasteiger partial charge in [-0.05, 0) is 54.3 Å². The molecule has 0 aliphatic heterocycles. The summed E-state index contributed by atoms with van der Waals surface area (Å²) in [4.78, 5) is 21.8. The molecule has 25 heavy (non-hydrogen) atoms. The third-order valence-corrected chi connectivity index (χ3v) is 5.12. The van der Waals surface area contributed by atoms with Crippen molar-refractivity contribution in [3.8, 4) is 5.75 Å². The Hall–Kier alpha value is -2.67. The highest BCUT2D eigenvalue weighted by Crippen LogP contribution is 2.23. The lowest BCUT2D eigenvalue weighted by Gasteiger charge is -2.11. The van der Waals surface area contributed by atoms with Crippen molar-refractivity contribution >= 4 is 21.9 Å². The van der Waals surface area contributed by atoms with Crippen molar-refractivity contribution < 1.29 is 27.3 Å². The SMILES string of the molecule is CCC(C)c1ccc(S(=O)(=O)Oc2ccc(C(=O)C(=O)[O-])cc2)cc1. The van der Waals surface area contributed by atoms with E-state index < -0.39 is 21.9 Å². The second-order valence-electron chi connectivity index (χ2n) is 5.56. The number of ketones is 1. The van der Waals surface area contributed by atoms with Crippen LogP contribution in [0, 0.1) is 0 Å². The molecular weight excluding hydrogens is 344 g/mol. The van der Waals surface area contributed by atoms with E-state index in [-0.39, 0.29) is 16.2 Å². The molecule has 0 fully saturated rings. The molecule has 0 N–H and O–H groups in total. The van der Waals surface area contributed by atoms with E-state index >= 15 is 0 Å². The number of Topliss-reactive ketones (excluding diaryl/α,β-unsaturated/α-hetero) is 1. The summed E-state index contributed by atoms with van der Waals surface area (Å²) < 4.78 is 29.6. The van der Waals surface area contributed by atoms with Crippen LogP contribution in [0.5, 0.6) is 5.75 Å². The van der Waals surface area contributed by atoms with E-state index in [0.29, 0.717) is 5.92 Å². The van der Waals surface area contributed by atoms with Crippen LogP contribution < -0.4 is 9.29 Å². The summed E-state index contributed by atoms with van der Waals surface area (Å²) in [5, 5.41) is 10.5. The summed E-state index contributed by atoms with van der Waals surface area (Å²) in [6.45, 7) is 4.10. The van der Waals surface area contributed by atoms with Crippen molar-refractivity contribution in [3.05, 3.63) is 59.7 Å². The third kappa shape index (κ3) is 4.45. The highest BCUT2D eigenvalue weighted by atomic mass is 32.2. The fourth-order valence-corrected chi connectivity index (χ4v) is 3.08. The monoisotopic (exact) mass is 361 g/mol. The Kier molecular flexibility index (Phi) is 5.58. The van der Waals surface area contributed by atoms with Crippen LogP contribution >= 0.6 is 0 Å². The average molecular weight is 361 g/mol. The summed E-state index contributed by atoms with van der Waals surface area (Å²) in [5.41, 5.74) is 0.911. The summed E-state index contributed by atoms with van der Waals surface area (Å²) in [5.74, 6) is -2.72. The van der Waals surface area contributed by atoms with Gasteiger partial charge >= 0.3 is 10.1 Å². The second kappa shape index (κ2) is 7.48. The van der Waals surface area contributed by atoms with E-state index in [4.69, 9.17) is 4.18 Å². The van der Waals surface area contributed by atoms with Crippen molar-refractivity contribution in [1.29, 1.82) is 0 Å². The van der Waals surface area contributed by atoms with Crippen LogP contribution in [-0.2, 0) is 14.9 Å². The highest BCUT2D eigenvalue weighted by molar-refractivity contribution is 7.87. The highest BCUT2D eigenvalue weighted by Gasteiger charge is 2.17. The van der Waals surface area contributed by atoms with Gasteiger partial charge in [0.15, 0.2) is 0 Å². The lowest BCUT2D eigenvalue weighted by molar-refractivity contribution is -0.296. The summed E-state index contributed by atoms with van der Waals surface area (Å²) in [7, 11) is -4.03. The molecule has 0 amide bonds. The minimum atomic E-state index is -4.03. The zero-order valence-corrected chi connectivity index (χ0v) is 14.6. The van der Waals surface area contributed by atoms with E-state index in [0.717, 1.165) is 24.1 Å². The van der Waals surface area contributed by atoms with Gasteiger partial charge < -0.3 is 14.1 Å². The minimum Gasteiger partial charge on any atom is -0.541 e. The van der Waals surface area contributed by atoms with Gasteiger partial charge in [-0.25, -0.2) is 0 Å². The Balaban J connectivity index is 2.18. The molecule has 7 heteroatoms. The van der Waals surface area contributed by atoms with Crippen LogP contribution in [0.1, 0.15) is 42.1 Å². The Morgan fingerprint density at radius 3 is 2.08 bits per heavy atom. The Morgan fingerprint density at radius 1 is 1.04 bits per heavy atom. The molecule has 2 rings (SSSR count). The topological polar surface area (TPSA) is 101 Å². The summed E-state index contributed by atoms with van der Waals surface area (Å²) in [6, 6.07) is 11.2. The predicted octanol–water partition coefficient (Wildman–Crippen LogP) is 1.90. The van der Waals surface area contributed by atoms with Crippen LogP contribution in [0.2, 0.25) is 0 Å². The molecule has 1 unspecified atom stereocenters. The molecule has 0 aliphatic rings. The van der Waals surface area contributed by atoms with Gasteiger partial charge in [0.2, 0.25) is 5.78 Å². The van der Waals surface area contributed by atoms with Gasteiger partial charge in [0, 0.05) is 5.56 Å². The first-order valence-electron chi connectivity index (χ1n) is 7.64. The molecular formula is C18H17O6S-. The molecule has 0 aliphatic carbocycles. The Bertz CT molecular complexity index is 867. The number of rotatable bonds is 7. The smallest absolute Gasteiger partial charge is 0.339 e. The molecule has 0 bridgehead atoms. The molecule has 132 valence electrons. The quantitative estimate of drug-likeness (QED) is 0.424. The van der Waals surface area contributed by atoms with E-state index in [9.17, 15) is 23.1 Å². The van der Waals surface area contributed by atoms with Crippen molar-refractivity contribution in [2.24, 2.45) is 0 Å². The Morgan fingerprint density at radius 2 is 1.60 bits per heavy atom. The van der Waals surface area contributed by atoms with Gasteiger partial charge in [0.05, 0.1) is 0 Å². The zero-order chi connectivity index (χ0) is 18.6. The van der Waals surface area contributed by atoms with E-state index in [1.165, 1.54) is 24.3 Å². The fraction of sp³-hybridized carbons (Fsp3) is 0.222. The first-order valence-corrected chi connectivity index (χ1v) is 9.05. The second-order valence-corrected chi connectivity index (χ2v) is 7.10. The molecule has 0 saturated carbocycles. The van der Waals surface area contributed by atoms with Crippen molar-refractivity contribution in [3.63, 3.8) is 0 Å². The molecule has 0 heterocycles. The number of hydrogen-bond acceptors (Lipinski definition) is 6. The molecule has 0 radical (unpaired) electrons. The van der Waals surface area contributed by atoms with Crippen LogP contribution in [0.25, 0.3) is 0 Å². The van der Waals surface area contributed by atoms with E-state index in [1.807, 2.05) is 6.92 Å². The predicted molar refractivity (Wildman–Crippen MR) is 88.7 cm³/mol. The zero-order valence-electron chi connectivity index (χ0n) is 13.8. The number of benzene rings is 2. The third-order valence-electron chi connectivity index (χ3n) is 3.86. The van der Waals surface area contributed by atoms with E-state index in [2.05, 4.69) is 6.92 Å². The standard InChI is InChI=1S/C18H18O6S/c1-3-12(2)13-6-10-16(11-7-13)25(22,23)24-15-8-4-14(5-9-15)17(19)18(20)21/h4-12H,3H2,1-2H3,(H,20,21)/p-1. The van der Waals surface area contributed by atoms with Crippen LogP contribution in [-0.4, -0.2) is 20.2 Å². The number of carboxylic acids is 1. The first-order chi connectivity index (χ1) is 11.7. The fourth-order valence-electron chi connectivity index (χ4n) is 2.15. The van der Waals surface area contributed by atoms with E-state index in [1.54, 1.807) is 12.1 Å². The largest absolute Gasteiger partial charge is 0.541 e. The molecule has 0 aromatic heterocycles. The number of aliphatic carboxylic acids is 1. The summed E-state index contributed by atoms with van der Waals surface area (Å²) in [6.07, 6.45) is 0.944. The maximum Gasteiger partial charge on any atom is 0.339 e. The molecule has 2 aromatic carbocycles. The van der Waals surface area contributed by atoms with Gasteiger partial charge in [-0.3, -0.25) is 4.79 Å². The lowest BCUT2D eigenvalue weighted by Crippen LogP contribution is -2.31. The van der Waals surface area contributed by atoms with Crippen molar-refractivity contribution in [1.82, 2.24) is 0 Å². The number of carbonyl (C=O) groups excluding carboxylic acids is 2. The molecule has 0 spiro atoms. The first kappa shape index (κ1) is 18.7. The van der Waals surface area contributed by atoms with Gasteiger partial charge in [-0.15, -0.1) is 0 Å². The average Bonchev–Trinajstić information content (AvgIpc) is 2.60.